The summed E-state index contributed by atoms with van der Waals surface area (Å²) in [4.78, 5) is 8.97. The number of likely N-dealkylation sites (N-methyl/N-ethyl adjacent to an activating group) is 1. The van der Waals surface area contributed by atoms with Crippen molar-refractivity contribution in [1.29, 1.82) is 0 Å². The number of piperazine rings is 1. The minimum atomic E-state index is -3.26. The van der Waals surface area contributed by atoms with Crippen LogP contribution in [0.1, 0.15) is 39.5 Å². The lowest BCUT2D eigenvalue weighted by Gasteiger charge is -2.36. The molecule has 0 aromatic carbocycles. The van der Waals surface area contributed by atoms with Gasteiger partial charge in [0, 0.05) is 52.4 Å². The van der Waals surface area contributed by atoms with Gasteiger partial charge >= 0.3 is 0 Å². The van der Waals surface area contributed by atoms with Crippen molar-refractivity contribution in [1.82, 2.24) is 19.4 Å². The fourth-order valence-electron chi connectivity index (χ4n) is 3.90. The summed E-state index contributed by atoms with van der Waals surface area (Å²) < 4.78 is 31.9. The molecule has 0 aromatic heterocycles. The number of hydrogen-bond acceptors (Lipinski definition) is 5. The van der Waals surface area contributed by atoms with Crippen LogP contribution < -0.4 is 5.32 Å². The number of nitrogens with one attached hydrogen (secondary N) is 1. The zero-order valence-corrected chi connectivity index (χ0v) is 21.6. The molecule has 0 unspecified atom stereocenters. The quantitative estimate of drug-likeness (QED) is 0.269. The minimum absolute atomic E-state index is 0. The maximum Gasteiger partial charge on any atom is 0.216 e. The number of halogens is 1. The Labute approximate surface area is 194 Å². The molecule has 10 heteroatoms. The Bertz CT molecular complexity index is 589. The van der Waals surface area contributed by atoms with Gasteiger partial charge < -0.3 is 19.9 Å². The normalized spacial score (nSPS) is 19.8. The molecule has 8 nitrogen and oxygen atoms in total. The second-order valence-corrected chi connectivity index (χ2v) is 10.1. The Morgan fingerprint density at radius 3 is 2.38 bits per heavy atom. The first-order valence-corrected chi connectivity index (χ1v) is 12.2. The second kappa shape index (κ2) is 13.3. The van der Waals surface area contributed by atoms with E-state index in [-0.39, 0.29) is 42.4 Å². The molecule has 1 aliphatic heterocycles. The van der Waals surface area contributed by atoms with Crippen molar-refractivity contribution in [3.8, 4) is 0 Å². The lowest BCUT2D eigenvalue weighted by atomic mass is 10.2. The van der Waals surface area contributed by atoms with Crippen LogP contribution in [0.2, 0.25) is 0 Å². The zero-order chi connectivity index (χ0) is 20.6. The fraction of sp³-hybridized carbons (Fsp3) is 0.947. The highest BCUT2D eigenvalue weighted by atomic mass is 127. The van der Waals surface area contributed by atoms with Gasteiger partial charge in [0.1, 0.15) is 0 Å². The number of aliphatic imine (C=N–C) groups is 1. The van der Waals surface area contributed by atoms with Gasteiger partial charge in [-0.2, -0.15) is 4.31 Å². The molecule has 1 aliphatic carbocycles. The summed E-state index contributed by atoms with van der Waals surface area (Å²) in [6.07, 6.45) is 5.37. The van der Waals surface area contributed by atoms with Crippen molar-refractivity contribution < 1.29 is 13.2 Å². The van der Waals surface area contributed by atoms with Gasteiger partial charge in [0.25, 0.3) is 0 Å². The molecule has 2 fully saturated rings. The number of rotatable bonds is 9. The highest BCUT2D eigenvalue weighted by Crippen LogP contribution is 2.21. The van der Waals surface area contributed by atoms with Crippen LogP contribution in [0.15, 0.2) is 4.99 Å². The third-order valence-electron chi connectivity index (χ3n) is 5.63. The molecule has 1 saturated heterocycles. The molecule has 2 aliphatic rings. The van der Waals surface area contributed by atoms with E-state index in [0.717, 1.165) is 25.1 Å². The van der Waals surface area contributed by atoms with Crippen molar-refractivity contribution in [2.75, 3.05) is 65.7 Å². The molecule has 29 heavy (non-hydrogen) atoms. The standard InChI is InChI=1S/C19H39N5O3S.HI/c1-17(2)27-15-16-28(25,26)24-13-11-23(12-14-24)19(20-3)21-9-10-22(4)18-7-5-6-8-18;/h17-18H,5-16H2,1-4H3,(H,20,21);1H. The van der Waals surface area contributed by atoms with E-state index in [1.54, 1.807) is 11.4 Å². The number of guanidine groups is 1. The number of nitrogens with zero attached hydrogens (tertiary/aromatic N) is 4. The van der Waals surface area contributed by atoms with E-state index in [0.29, 0.717) is 26.2 Å². The fourth-order valence-corrected chi connectivity index (χ4v) is 5.18. The summed E-state index contributed by atoms with van der Waals surface area (Å²) in [7, 11) is 0.731. The molecule has 2 rings (SSSR count). The van der Waals surface area contributed by atoms with Gasteiger partial charge in [-0.1, -0.05) is 12.8 Å². The molecule has 0 aromatic rings. The lowest BCUT2D eigenvalue weighted by molar-refractivity contribution is 0.0904. The smallest absolute Gasteiger partial charge is 0.216 e. The summed E-state index contributed by atoms with van der Waals surface area (Å²) in [6.45, 7) is 8.21. The van der Waals surface area contributed by atoms with Crippen LogP contribution in [0.5, 0.6) is 0 Å². The highest BCUT2D eigenvalue weighted by Gasteiger charge is 2.28. The average Bonchev–Trinajstić information content (AvgIpc) is 3.20. The van der Waals surface area contributed by atoms with E-state index in [2.05, 4.69) is 27.2 Å². The van der Waals surface area contributed by atoms with E-state index >= 15 is 0 Å². The molecule has 1 N–H and O–H groups in total. The molecule has 0 atom stereocenters. The molecule has 0 spiro atoms. The Kier molecular flexibility index (Phi) is 12.3. The highest BCUT2D eigenvalue weighted by molar-refractivity contribution is 14.0. The first-order valence-electron chi connectivity index (χ1n) is 10.6. The van der Waals surface area contributed by atoms with E-state index in [9.17, 15) is 8.42 Å². The van der Waals surface area contributed by atoms with Gasteiger partial charge in [-0.05, 0) is 33.7 Å². The Morgan fingerprint density at radius 1 is 1.21 bits per heavy atom. The predicted molar refractivity (Wildman–Crippen MR) is 130 cm³/mol. The van der Waals surface area contributed by atoms with Gasteiger partial charge in [0.15, 0.2) is 5.96 Å². The first-order chi connectivity index (χ1) is 13.3. The summed E-state index contributed by atoms with van der Waals surface area (Å²) in [5.41, 5.74) is 0. The predicted octanol–water partition coefficient (Wildman–Crippen LogP) is 1.43. The summed E-state index contributed by atoms with van der Waals surface area (Å²) >= 11 is 0. The third kappa shape index (κ3) is 8.84. The average molecular weight is 546 g/mol. The van der Waals surface area contributed by atoms with E-state index in [1.165, 1.54) is 25.7 Å². The minimum Gasteiger partial charge on any atom is -0.378 e. The summed E-state index contributed by atoms with van der Waals surface area (Å²) in [6, 6.07) is 0.720. The molecular formula is C19H40IN5O3S. The van der Waals surface area contributed by atoms with Crippen LogP contribution in [-0.4, -0.2) is 106 Å². The SMILES string of the molecule is CN=C(NCCN(C)C1CCCC1)N1CCN(S(=O)(=O)CCOC(C)C)CC1.I. The Balaban J connectivity index is 0.00000420. The Hall–Kier alpha value is -0.170. The molecule has 1 saturated carbocycles. The second-order valence-electron chi connectivity index (χ2n) is 8.01. The molecule has 0 bridgehead atoms. The van der Waals surface area contributed by atoms with Crippen LogP contribution in [0.4, 0.5) is 0 Å². The maximum absolute atomic E-state index is 12.5. The molecular weight excluding hydrogens is 505 g/mol. The molecule has 0 radical (unpaired) electrons. The van der Waals surface area contributed by atoms with E-state index in [4.69, 9.17) is 4.74 Å². The van der Waals surface area contributed by atoms with Crippen molar-refractivity contribution in [3.63, 3.8) is 0 Å². The van der Waals surface area contributed by atoms with Crippen molar-refractivity contribution >= 4 is 40.0 Å². The van der Waals surface area contributed by atoms with E-state index in [1.807, 2.05) is 13.8 Å². The molecule has 172 valence electrons. The van der Waals surface area contributed by atoms with Crippen LogP contribution in [0, 0.1) is 0 Å². The molecule has 0 amide bonds. The van der Waals surface area contributed by atoms with Crippen molar-refractivity contribution in [2.45, 2.75) is 51.7 Å². The number of ether oxygens (including phenoxy) is 1. The Morgan fingerprint density at radius 2 is 1.83 bits per heavy atom. The number of hydrogen-bond donors (Lipinski definition) is 1. The summed E-state index contributed by atoms with van der Waals surface area (Å²) in [5, 5.41) is 3.44. The van der Waals surface area contributed by atoms with Gasteiger partial charge in [0.05, 0.1) is 18.5 Å². The first kappa shape index (κ1) is 26.9. The third-order valence-corrected chi connectivity index (χ3v) is 7.47. The van der Waals surface area contributed by atoms with Gasteiger partial charge in [-0.15, -0.1) is 24.0 Å². The summed E-state index contributed by atoms with van der Waals surface area (Å²) in [5.74, 6) is 0.908. The van der Waals surface area contributed by atoms with Crippen LogP contribution in [-0.2, 0) is 14.8 Å². The van der Waals surface area contributed by atoms with E-state index < -0.39 is 10.0 Å². The topological polar surface area (TPSA) is 77.5 Å². The number of sulfonamides is 1. The zero-order valence-electron chi connectivity index (χ0n) is 18.5. The van der Waals surface area contributed by atoms with Crippen LogP contribution in [0.3, 0.4) is 0 Å². The van der Waals surface area contributed by atoms with Crippen LogP contribution in [0.25, 0.3) is 0 Å². The lowest BCUT2D eigenvalue weighted by Crippen LogP contribution is -2.54. The van der Waals surface area contributed by atoms with Gasteiger partial charge in [-0.25, -0.2) is 8.42 Å². The molecule has 1 heterocycles. The maximum atomic E-state index is 12.5. The van der Waals surface area contributed by atoms with Crippen molar-refractivity contribution in [3.05, 3.63) is 0 Å². The van der Waals surface area contributed by atoms with Gasteiger partial charge in [-0.3, -0.25) is 4.99 Å². The van der Waals surface area contributed by atoms with Gasteiger partial charge in [0.2, 0.25) is 10.0 Å². The van der Waals surface area contributed by atoms with Crippen molar-refractivity contribution in [2.24, 2.45) is 4.99 Å². The van der Waals surface area contributed by atoms with Crippen LogP contribution >= 0.6 is 24.0 Å². The monoisotopic (exact) mass is 545 g/mol. The largest absolute Gasteiger partial charge is 0.378 e.